The van der Waals surface area contributed by atoms with Crippen molar-refractivity contribution in [2.45, 2.75) is 24.0 Å². The van der Waals surface area contributed by atoms with Crippen LogP contribution in [0.1, 0.15) is 12.7 Å². The maximum atomic E-state index is 12.7. The van der Waals surface area contributed by atoms with E-state index in [4.69, 9.17) is 4.42 Å². The van der Waals surface area contributed by atoms with Crippen LogP contribution in [0.4, 0.5) is 11.4 Å². The monoisotopic (exact) mass is 316 g/mol. The molecule has 0 aliphatic carbocycles. The lowest BCUT2D eigenvalue weighted by Crippen LogP contribution is -2.45. The highest BCUT2D eigenvalue weighted by molar-refractivity contribution is 8.00. The van der Waals surface area contributed by atoms with Crippen molar-refractivity contribution in [3.05, 3.63) is 42.4 Å². The minimum atomic E-state index is -0.310. The van der Waals surface area contributed by atoms with E-state index in [0.29, 0.717) is 5.69 Å². The normalized spacial score (nSPS) is 15.2. The van der Waals surface area contributed by atoms with Gasteiger partial charge in [-0.2, -0.15) is 0 Å². The molecule has 0 radical (unpaired) electrons. The minimum absolute atomic E-state index is 0.0467. The van der Waals surface area contributed by atoms with E-state index < -0.39 is 0 Å². The molecule has 1 aliphatic heterocycles. The smallest absolute Gasteiger partial charge is 0.244 e. The summed E-state index contributed by atoms with van der Waals surface area (Å²) in [4.78, 5) is 27.0. The Hall–Kier alpha value is -2.21. The fourth-order valence-electron chi connectivity index (χ4n) is 2.39. The number of aryl methyl sites for hydroxylation is 1. The van der Waals surface area contributed by atoms with Crippen molar-refractivity contribution in [3.63, 3.8) is 0 Å². The molecular weight excluding hydrogens is 300 g/mol. The molecule has 1 aliphatic rings. The third-order valence-electron chi connectivity index (χ3n) is 3.50. The number of para-hydroxylation sites is 2. The Morgan fingerprint density at radius 1 is 1.36 bits per heavy atom. The molecule has 0 fully saturated rings. The number of thioether (sulfide) groups is 1. The van der Waals surface area contributed by atoms with Crippen LogP contribution in [0.15, 0.2) is 45.9 Å². The summed E-state index contributed by atoms with van der Waals surface area (Å²) in [5.74, 6) is 0.526. The van der Waals surface area contributed by atoms with Gasteiger partial charge in [-0.3, -0.25) is 14.5 Å². The van der Waals surface area contributed by atoms with E-state index in [-0.39, 0.29) is 23.6 Å². The molecule has 0 bridgehead atoms. The van der Waals surface area contributed by atoms with Crippen LogP contribution < -0.4 is 10.2 Å². The molecule has 3 rings (SSSR count). The Labute approximate surface area is 132 Å². The molecule has 0 spiro atoms. The van der Waals surface area contributed by atoms with Gasteiger partial charge in [0.2, 0.25) is 11.8 Å². The Kier molecular flexibility index (Phi) is 3.94. The van der Waals surface area contributed by atoms with Crippen molar-refractivity contribution < 1.29 is 14.0 Å². The van der Waals surface area contributed by atoms with Crippen LogP contribution in [-0.4, -0.2) is 23.6 Å². The lowest BCUT2D eigenvalue weighted by Gasteiger charge is -2.30. The van der Waals surface area contributed by atoms with E-state index in [2.05, 4.69) is 5.32 Å². The van der Waals surface area contributed by atoms with Gasteiger partial charge in [-0.05, 0) is 32.0 Å². The molecule has 1 atom stereocenters. The molecular formula is C16H16N2O3S. The van der Waals surface area contributed by atoms with Crippen LogP contribution in [0, 0.1) is 6.92 Å². The summed E-state index contributed by atoms with van der Waals surface area (Å²) >= 11 is 1.44. The second-order valence-corrected chi connectivity index (χ2v) is 6.47. The lowest BCUT2D eigenvalue weighted by molar-refractivity contribution is -0.121. The minimum Gasteiger partial charge on any atom is -0.468 e. The summed E-state index contributed by atoms with van der Waals surface area (Å²) < 4.78 is 5.25. The molecule has 1 unspecified atom stereocenters. The van der Waals surface area contributed by atoms with Gasteiger partial charge in [-0.1, -0.05) is 12.1 Å². The van der Waals surface area contributed by atoms with Gasteiger partial charge in [0.15, 0.2) is 0 Å². The number of rotatable bonds is 3. The van der Waals surface area contributed by atoms with Crippen molar-refractivity contribution in [3.8, 4) is 0 Å². The number of hydrogen-bond acceptors (Lipinski definition) is 4. The number of benzene rings is 1. The van der Waals surface area contributed by atoms with Crippen LogP contribution in [0.3, 0.4) is 0 Å². The van der Waals surface area contributed by atoms with E-state index in [9.17, 15) is 9.59 Å². The van der Waals surface area contributed by atoms with Crippen molar-refractivity contribution in [2.75, 3.05) is 16.8 Å². The first-order valence-electron chi connectivity index (χ1n) is 6.97. The van der Waals surface area contributed by atoms with Crippen molar-refractivity contribution in [2.24, 2.45) is 0 Å². The van der Waals surface area contributed by atoms with Crippen molar-refractivity contribution >= 4 is 35.0 Å². The largest absolute Gasteiger partial charge is 0.468 e. The van der Waals surface area contributed by atoms with Gasteiger partial charge < -0.3 is 9.73 Å². The predicted octanol–water partition coefficient (Wildman–Crippen LogP) is 3.05. The maximum Gasteiger partial charge on any atom is 0.244 e. The molecule has 22 heavy (non-hydrogen) atoms. The number of nitrogens with one attached hydrogen (secondary N) is 1. The van der Waals surface area contributed by atoms with Crippen LogP contribution in [0.5, 0.6) is 0 Å². The average molecular weight is 316 g/mol. The summed E-state index contributed by atoms with van der Waals surface area (Å²) in [6.07, 6.45) is 1.61. The first-order valence-corrected chi connectivity index (χ1v) is 7.85. The molecule has 114 valence electrons. The number of anilines is 2. The lowest BCUT2D eigenvalue weighted by atomic mass is 10.2. The SMILES string of the molecule is Cc1occc1SC(C)C(=O)N1CC(=O)Nc2ccccc21. The quantitative estimate of drug-likeness (QED) is 0.884. The molecule has 5 nitrogen and oxygen atoms in total. The second-order valence-electron chi connectivity index (χ2n) is 5.09. The molecule has 6 heteroatoms. The first kappa shape index (κ1) is 14.7. The van der Waals surface area contributed by atoms with E-state index in [1.54, 1.807) is 17.2 Å². The van der Waals surface area contributed by atoms with Crippen LogP contribution >= 0.6 is 11.8 Å². The first-order chi connectivity index (χ1) is 10.6. The molecule has 1 N–H and O–H groups in total. The fraction of sp³-hybridized carbons (Fsp3) is 0.250. The van der Waals surface area contributed by atoms with Gasteiger partial charge in [0.05, 0.1) is 22.9 Å². The number of amides is 2. The van der Waals surface area contributed by atoms with Crippen molar-refractivity contribution in [1.29, 1.82) is 0 Å². The van der Waals surface area contributed by atoms with Gasteiger partial charge in [0.1, 0.15) is 12.3 Å². The highest BCUT2D eigenvalue weighted by atomic mass is 32.2. The van der Waals surface area contributed by atoms with E-state index >= 15 is 0 Å². The molecule has 0 saturated carbocycles. The zero-order chi connectivity index (χ0) is 15.7. The van der Waals surface area contributed by atoms with Crippen LogP contribution in [0.2, 0.25) is 0 Å². The van der Waals surface area contributed by atoms with E-state index in [1.165, 1.54) is 11.8 Å². The van der Waals surface area contributed by atoms with Gasteiger partial charge >= 0.3 is 0 Å². The zero-order valence-electron chi connectivity index (χ0n) is 12.3. The Bertz CT molecular complexity index is 726. The van der Waals surface area contributed by atoms with Gasteiger partial charge in [-0.25, -0.2) is 0 Å². The van der Waals surface area contributed by atoms with E-state index in [1.807, 2.05) is 38.1 Å². The molecule has 1 aromatic carbocycles. The number of carbonyl (C=O) groups excluding carboxylic acids is 2. The van der Waals surface area contributed by atoms with Gasteiger partial charge in [0.25, 0.3) is 0 Å². The summed E-state index contributed by atoms with van der Waals surface area (Å²) in [5.41, 5.74) is 1.41. The van der Waals surface area contributed by atoms with Crippen molar-refractivity contribution in [1.82, 2.24) is 0 Å². The standard InChI is InChI=1S/C16H16N2O3S/c1-10-14(7-8-21-10)22-11(2)16(20)18-9-15(19)17-12-5-3-4-6-13(12)18/h3-8,11H,9H2,1-2H3,(H,17,19). The van der Waals surface area contributed by atoms with E-state index in [0.717, 1.165) is 16.3 Å². The Balaban J connectivity index is 1.83. The molecule has 2 amide bonds. The zero-order valence-corrected chi connectivity index (χ0v) is 13.1. The fourth-order valence-corrected chi connectivity index (χ4v) is 3.34. The van der Waals surface area contributed by atoms with Gasteiger partial charge in [0, 0.05) is 4.90 Å². The summed E-state index contributed by atoms with van der Waals surface area (Å²) in [5, 5.41) is 2.47. The van der Waals surface area contributed by atoms with Gasteiger partial charge in [-0.15, -0.1) is 11.8 Å². The molecule has 1 aromatic heterocycles. The Morgan fingerprint density at radius 3 is 2.86 bits per heavy atom. The summed E-state index contributed by atoms with van der Waals surface area (Å²) in [6.45, 7) is 3.75. The number of carbonyl (C=O) groups is 2. The number of furan rings is 1. The Morgan fingerprint density at radius 2 is 2.14 bits per heavy atom. The molecule has 0 saturated heterocycles. The highest BCUT2D eigenvalue weighted by Crippen LogP contribution is 2.33. The highest BCUT2D eigenvalue weighted by Gasteiger charge is 2.30. The average Bonchev–Trinajstić information content (AvgIpc) is 2.90. The summed E-state index contributed by atoms with van der Waals surface area (Å²) in [7, 11) is 0. The molecule has 2 aromatic rings. The third kappa shape index (κ3) is 2.74. The second kappa shape index (κ2) is 5.88. The maximum absolute atomic E-state index is 12.7. The number of fused-ring (bicyclic) bond motifs is 1. The topological polar surface area (TPSA) is 62.6 Å². The third-order valence-corrected chi connectivity index (χ3v) is 4.73. The van der Waals surface area contributed by atoms with Crippen LogP contribution in [0.25, 0.3) is 0 Å². The number of hydrogen-bond donors (Lipinski definition) is 1. The predicted molar refractivity (Wildman–Crippen MR) is 86.2 cm³/mol. The summed E-state index contributed by atoms with van der Waals surface area (Å²) in [6, 6.07) is 9.17. The van der Waals surface area contributed by atoms with Crippen LogP contribution in [-0.2, 0) is 9.59 Å². The number of nitrogens with zero attached hydrogens (tertiary/aromatic N) is 1. The molecule has 2 heterocycles.